The van der Waals surface area contributed by atoms with Crippen molar-refractivity contribution < 1.29 is 45.6 Å². The first kappa shape index (κ1) is 25.1. The minimum Gasteiger partial charge on any atom is -0.504 e. The van der Waals surface area contributed by atoms with Crippen molar-refractivity contribution in [2.75, 3.05) is 27.3 Å². The summed E-state index contributed by atoms with van der Waals surface area (Å²) in [5.74, 6) is -1.12. The molecule has 0 amide bonds. The van der Waals surface area contributed by atoms with Crippen LogP contribution in [0.2, 0.25) is 0 Å². The summed E-state index contributed by atoms with van der Waals surface area (Å²) >= 11 is 0. The molecule has 0 saturated carbocycles. The largest absolute Gasteiger partial charge is 0.504 e. The summed E-state index contributed by atoms with van der Waals surface area (Å²) < 4.78 is 73.5. The molecule has 0 heterocycles. The van der Waals surface area contributed by atoms with Crippen molar-refractivity contribution in [3.63, 3.8) is 0 Å². The Morgan fingerprint density at radius 3 is 1.38 bits per heavy atom. The molecule has 0 unspecified atom stereocenters. The number of aromatic hydroxyl groups is 2. The number of hydrogen-bond donors (Lipinski definition) is 4. The van der Waals surface area contributed by atoms with E-state index >= 15 is 0 Å². The Morgan fingerprint density at radius 1 is 0.750 bits per heavy atom. The molecule has 0 aromatic heterocycles. The van der Waals surface area contributed by atoms with Gasteiger partial charge in [-0.05, 0) is 12.1 Å². The quantitative estimate of drug-likeness (QED) is 0.226. The van der Waals surface area contributed by atoms with Crippen LogP contribution < -0.4 is 9.47 Å². The molecule has 2 aromatic carbocycles. The molecule has 2 rings (SSSR count). The molecule has 0 atom stereocenters. The SMILES string of the molecule is COc1cc(S(=O)(=O)O)cc(C=NCCN=Cc2cc(S(=O)(=O)O)cc(OC)c2O)c1O. The number of nitrogens with zero attached hydrogens (tertiary/aromatic N) is 2. The van der Waals surface area contributed by atoms with E-state index in [1.807, 2.05) is 0 Å². The Hall–Kier alpha value is -3.20. The van der Waals surface area contributed by atoms with Gasteiger partial charge in [-0.1, -0.05) is 0 Å². The summed E-state index contributed by atoms with van der Waals surface area (Å²) in [6.45, 7) is 0.120. The van der Waals surface area contributed by atoms with Gasteiger partial charge in [-0.25, -0.2) is 0 Å². The second kappa shape index (κ2) is 9.95. The molecule has 174 valence electrons. The Balaban J connectivity index is 2.18. The third-order valence-electron chi connectivity index (χ3n) is 4.01. The van der Waals surface area contributed by atoms with Crippen LogP contribution in [0.1, 0.15) is 11.1 Å². The molecule has 0 aliphatic heterocycles. The van der Waals surface area contributed by atoms with Crippen LogP contribution >= 0.6 is 0 Å². The number of phenolic OH excluding ortho intramolecular Hbond substituents is 2. The fourth-order valence-corrected chi connectivity index (χ4v) is 3.52. The molecule has 0 aliphatic carbocycles. The zero-order chi connectivity index (χ0) is 24.1. The van der Waals surface area contributed by atoms with E-state index in [2.05, 4.69) is 9.98 Å². The van der Waals surface area contributed by atoms with Gasteiger partial charge in [0.05, 0.1) is 37.1 Å². The smallest absolute Gasteiger partial charge is 0.294 e. The van der Waals surface area contributed by atoms with Crippen LogP contribution in [0, 0.1) is 0 Å². The van der Waals surface area contributed by atoms with Crippen molar-refractivity contribution in [3.8, 4) is 23.0 Å². The van der Waals surface area contributed by atoms with E-state index in [-0.39, 0.29) is 47.2 Å². The number of phenols is 2. The number of hydrogen-bond acceptors (Lipinski definition) is 10. The van der Waals surface area contributed by atoms with E-state index in [0.717, 1.165) is 36.7 Å². The van der Waals surface area contributed by atoms with Crippen molar-refractivity contribution in [1.82, 2.24) is 0 Å². The highest BCUT2D eigenvalue weighted by atomic mass is 32.2. The van der Waals surface area contributed by atoms with Crippen molar-refractivity contribution >= 4 is 32.7 Å². The Bertz CT molecular complexity index is 1170. The van der Waals surface area contributed by atoms with Crippen molar-refractivity contribution in [2.24, 2.45) is 9.98 Å². The lowest BCUT2D eigenvalue weighted by Gasteiger charge is -2.08. The number of rotatable bonds is 9. The summed E-state index contributed by atoms with van der Waals surface area (Å²) in [4.78, 5) is 7.00. The normalized spacial score (nSPS) is 12.5. The maximum Gasteiger partial charge on any atom is 0.294 e. The van der Waals surface area contributed by atoms with E-state index in [9.17, 15) is 36.2 Å². The van der Waals surface area contributed by atoms with E-state index in [4.69, 9.17) is 9.47 Å². The lowest BCUT2D eigenvalue weighted by atomic mass is 10.2. The molecule has 4 N–H and O–H groups in total. The fourth-order valence-electron chi connectivity index (χ4n) is 2.45. The third kappa shape index (κ3) is 6.16. The standard InChI is InChI=1S/C18H20N2O10S2/c1-29-15-7-13(31(23,24)25)5-11(17(15)21)9-19-3-4-20-10-12-6-14(32(26,27)28)8-16(30-2)18(12)22/h5-10,21-22H,3-4H2,1-2H3,(H,23,24,25)(H,26,27,28). The molecule has 2 aromatic rings. The average molecular weight is 488 g/mol. The van der Waals surface area contributed by atoms with Gasteiger partial charge in [0.15, 0.2) is 23.0 Å². The zero-order valence-corrected chi connectivity index (χ0v) is 18.5. The molecule has 0 aliphatic rings. The van der Waals surface area contributed by atoms with Crippen LogP contribution in [0.4, 0.5) is 0 Å². The van der Waals surface area contributed by atoms with E-state index < -0.39 is 30.0 Å². The molecule has 0 radical (unpaired) electrons. The zero-order valence-electron chi connectivity index (χ0n) is 16.8. The maximum absolute atomic E-state index is 11.3. The van der Waals surface area contributed by atoms with Crippen LogP contribution in [0.25, 0.3) is 0 Å². The molecular weight excluding hydrogens is 468 g/mol. The van der Waals surface area contributed by atoms with Gasteiger partial charge < -0.3 is 19.7 Å². The highest BCUT2D eigenvalue weighted by molar-refractivity contribution is 7.86. The molecule has 0 saturated heterocycles. The Kier molecular flexibility index (Phi) is 7.79. The van der Waals surface area contributed by atoms with Gasteiger partial charge >= 0.3 is 0 Å². The number of methoxy groups -OCH3 is 2. The molecule has 0 spiro atoms. The second-order valence-electron chi connectivity index (χ2n) is 6.15. The first-order chi connectivity index (χ1) is 14.9. The van der Waals surface area contributed by atoms with Gasteiger partial charge in [0, 0.05) is 35.7 Å². The van der Waals surface area contributed by atoms with Crippen molar-refractivity contribution in [2.45, 2.75) is 9.79 Å². The summed E-state index contributed by atoms with van der Waals surface area (Å²) in [6.07, 6.45) is 2.31. The van der Waals surface area contributed by atoms with Gasteiger partial charge in [0.25, 0.3) is 20.2 Å². The van der Waals surface area contributed by atoms with Gasteiger partial charge in [0.2, 0.25) is 0 Å². The molecule has 12 nitrogen and oxygen atoms in total. The summed E-state index contributed by atoms with van der Waals surface area (Å²) in [5.41, 5.74) is -0.0478. The van der Waals surface area contributed by atoms with E-state index in [0.29, 0.717) is 0 Å². The Labute approximate surface area is 184 Å². The molecule has 0 fully saturated rings. The van der Waals surface area contributed by atoms with Crippen molar-refractivity contribution in [3.05, 3.63) is 35.4 Å². The monoisotopic (exact) mass is 488 g/mol. The van der Waals surface area contributed by atoms with Gasteiger partial charge in [-0.2, -0.15) is 16.8 Å². The lowest BCUT2D eigenvalue weighted by Crippen LogP contribution is -2.01. The van der Waals surface area contributed by atoms with Crippen molar-refractivity contribution in [1.29, 1.82) is 0 Å². The third-order valence-corrected chi connectivity index (χ3v) is 5.67. The topological polar surface area (TPSA) is 192 Å². The van der Waals surface area contributed by atoms with Crippen LogP contribution in [-0.4, -0.2) is 75.9 Å². The minimum atomic E-state index is -4.54. The van der Waals surface area contributed by atoms with E-state index in [1.54, 1.807) is 0 Å². The van der Waals surface area contributed by atoms with Gasteiger partial charge in [-0.15, -0.1) is 0 Å². The molecular formula is C18H20N2O10S2. The maximum atomic E-state index is 11.3. The minimum absolute atomic E-state index is 0.0239. The fraction of sp³-hybridized carbons (Fsp3) is 0.222. The summed E-state index contributed by atoms with van der Waals surface area (Å²) in [6, 6.07) is 3.91. The summed E-state index contributed by atoms with van der Waals surface area (Å²) in [5, 5.41) is 20.1. The highest BCUT2D eigenvalue weighted by Gasteiger charge is 2.18. The Morgan fingerprint density at radius 2 is 1.09 bits per heavy atom. The molecule has 0 bridgehead atoms. The second-order valence-corrected chi connectivity index (χ2v) is 8.99. The predicted molar refractivity (Wildman–Crippen MR) is 114 cm³/mol. The van der Waals surface area contributed by atoms with E-state index in [1.165, 1.54) is 14.2 Å². The average Bonchev–Trinajstić information content (AvgIpc) is 2.70. The van der Waals surface area contributed by atoms with Crippen LogP contribution in [0.15, 0.2) is 44.0 Å². The number of benzene rings is 2. The first-order valence-corrected chi connectivity index (χ1v) is 11.5. The predicted octanol–water partition coefficient (Wildman–Crippen LogP) is 1.15. The van der Waals surface area contributed by atoms with Crippen LogP contribution in [0.5, 0.6) is 23.0 Å². The molecule has 32 heavy (non-hydrogen) atoms. The highest BCUT2D eigenvalue weighted by Crippen LogP contribution is 2.33. The summed E-state index contributed by atoms with van der Waals surface area (Å²) in [7, 11) is -6.66. The van der Waals surface area contributed by atoms with Gasteiger partial charge in [-0.3, -0.25) is 19.1 Å². The molecule has 14 heteroatoms. The van der Waals surface area contributed by atoms with Crippen LogP contribution in [0.3, 0.4) is 0 Å². The number of aliphatic imine (C=N–C) groups is 2. The lowest BCUT2D eigenvalue weighted by molar-refractivity contribution is 0.371. The first-order valence-electron chi connectivity index (χ1n) is 8.65. The van der Waals surface area contributed by atoms with Crippen LogP contribution in [-0.2, 0) is 20.2 Å². The number of ether oxygens (including phenoxy) is 2. The van der Waals surface area contributed by atoms with Gasteiger partial charge in [0.1, 0.15) is 0 Å².